The molecule has 0 amide bonds. The lowest BCUT2D eigenvalue weighted by molar-refractivity contribution is 0.310. The number of nitrogens with two attached hydrogens (primary N) is 1. The molecule has 3 rings (SSSR count). The Labute approximate surface area is 125 Å². The maximum atomic E-state index is 5.77. The zero-order chi connectivity index (χ0) is 14.7. The molecule has 1 aromatic heterocycles. The van der Waals surface area contributed by atoms with Crippen molar-refractivity contribution in [3.8, 4) is 11.4 Å². The van der Waals surface area contributed by atoms with E-state index in [1.54, 1.807) is 7.11 Å². The quantitative estimate of drug-likeness (QED) is 0.908. The summed E-state index contributed by atoms with van der Waals surface area (Å²) in [4.78, 5) is 2.44. The van der Waals surface area contributed by atoms with Crippen molar-refractivity contribution in [2.24, 2.45) is 11.7 Å². The number of ether oxygens (including phenoxy) is 1. The van der Waals surface area contributed by atoms with Crippen molar-refractivity contribution in [1.29, 1.82) is 0 Å². The number of benzene rings is 1. The summed E-state index contributed by atoms with van der Waals surface area (Å²) >= 11 is 0. The second kappa shape index (κ2) is 6.28. The predicted octanol–water partition coefficient (Wildman–Crippen LogP) is 1.66. The number of likely N-dealkylation sites (tertiary alicyclic amines) is 1. The summed E-state index contributed by atoms with van der Waals surface area (Å²) in [6, 6.07) is 10.0. The molecule has 0 bridgehead atoms. The van der Waals surface area contributed by atoms with Gasteiger partial charge in [0.15, 0.2) is 0 Å². The number of aromatic nitrogens is 2. The molecular weight excluding hydrogens is 264 g/mol. The maximum Gasteiger partial charge on any atom is 0.144 e. The maximum absolute atomic E-state index is 5.77. The number of nitrogens with zero attached hydrogens (tertiary/aromatic N) is 3. The van der Waals surface area contributed by atoms with Gasteiger partial charge in [0, 0.05) is 19.3 Å². The Balaban J connectivity index is 1.81. The SMILES string of the molecule is COc1ccccc1-n1nccc1CN1CCC(CN)C1. The van der Waals surface area contributed by atoms with Gasteiger partial charge in [-0.25, -0.2) is 4.68 Å². The van der Waals surface area contributed by atoms with Crippen molar-refractivity contribution < 1.29 is 4.74 Å². The Morgan fingerprint density at radius 3 is 2.95 bits per heavy atom. The largest absolute Gasteiger partial charge is 0.494 e. The first-order valence-corrected chi connectivity index (χ1v) is 7.40. The summed E-state index contributed by atoms with van der Waals surface area (Å²) in [5.41, 5.74) is 7.93. The first-order valence-electron chi connectivity index (χ1n) is 7.40. The van der Waals surface area contributed by atoms with Gasteiger partial charge in [0.05, 0.1) is 12.8 Å². The van der Waals surface area contributed by atoms with E-state index in [9.17, 15) is 0 Å². The van der Waals surface area contributed by atoms with Crippen LogP contribution in [0.2, 0.25) is 0 Å². The van der Waals surface area contributed by atoms with E-state index >= 15 is 0 Å². The van der Waals surface area contributed by atoms with Crippen LogP contribution in [0.4, 0.5) is 0 Å². The van der Waals surface area contributed by atoms with Crippen molar-refractivity contribution in [1.82, 2.24) is 14.7 Å². The highest BCUT2D eigenvalue weighted by atomic mass is 16.5. The molecule has 1 aliphatic heterocycles. The highest BCUT2D eigenvalue weighted by Gasteiger charge is 2.22. The number of hydrogen-bond acceptors (Lipinski definition) is 4. The first-order chi connectivity index (χ1) is 10.3. The Bertz CT molecular complexity index is 595. The molecule has 1 atom stereocenters. The fraction of sp³-hybridized carbons (Fsp3) is 0.438. The monoisotopic (exact) mass is 286 g/mol. The third-order valence-corrected chi connectivity index (χ3v) is 4.12. The molecule has 112 valence electrons. The van der Waals surface area contributed by atoms with Crippen LogP contribution in [-0.4, -0.2) is 41.4 Å². The summed E-state index contributed by atoms with van der Waals surface area (Å²) in [5, 5.41) is 4.46. The van der Waals surface area contributed by atoms with Crippen LogP contribution in [0.1, 0.15) is 12.1 Å². The molecule has 2 heterocycles. The minimum atomic E-state index is 0.632. The third kappa shape index (κ3) is 2.94. The van der Waals surface area contributed by atoms with Gasteiger partial charge in [-0.1, -0.05) is 12.1 Å². The lowest BCUT2D eigenvalue weighted by Crippen LogP contribution is -2.24. The number of para-hydroxylation sites is 2. The molecule has 0 saturated carbocycles. The number of hydrogen-bond donors (Lipinski definition) is 1. The van der Waals surface area contributed by atoms with E-state index in [0.717, 1.165) is 37.6 Å². The van der Waals surface area contributed by atoms with Crippen molar-refractivity contribution in [3.05, 3.63) is 42.2 Å². The zero-order valence-electron chi connectivity index (χ0n) is 12.4. The molecule has 1 aliphatic rings. The second-order valence-corrected chi connectivity index (χ2v) is 5.53. The number of rotatable bonds is 5. The van der Waals surface area contributed by atoms with E-state index in [2.05, 4.69) is 16.1 Å². The molecule has 21 heavy (non-hydrogen) atoms. The predicted molar refractivity (Wildman–Crippen MR) is 82.6 cm³/mol. The van der Waals surface area contributed by atoms with Gasteiger partial charge in [-0.15, -0.1) is 0 Å². The standard InChI is InChI=1S/C16H22N4O/c1-21-16-5-3-2-4-15(16)20-14(6-8-18-20)12-19-9-7-13(10-17)11-19/h2-6,8,13H,7,9-12,17H2,1H3. The molecule has 5 nitrogen and oxygen atoms in total. The van der Waals surface area contributed by atoms with Crippen LogP contribution in [-0.2, 0) is 6.54 Å². The summed E-state index contributed by atoms with van der Waals surface area (Å²) in [6.07, 6.45) is 3.04. The summed E-state index contributed by atoms with van der Waals surface area (Å²) < 4.78 is 7.40. The van der Waals surface area contributed by atoms with Gasteiger partial charge in [0.1, 0.15) is 11.4 Å². The third-order valence-electron chi connectivity index (χ3n) is 4.12. The van der Waals surface area contributed by atoms with Crippen LogP contribution in [0.3, 0.4) is 0 Å². The minimum absolute atomic E-state index is 0.632. The second-order valence-electron chi connectivity index (χ2n) is 5.53. The average molecular weight is 286 g/mol. The van der Waals surface area contributed by atoms with Gasteiger partial charge >= 0.3 is 0 Å². The molecule has 1 saturated heterocycles. The number of methoxy groups -OCH3 is 1. The Morgan fingerprint density at radius 2 is 2.19 bits per heavy atom. The summed E-state index contributed by atoms with van der Waals surface area (Å²) in [6.45, 7) is 3.86. The lowest BCUT2D eigenvalue weighted by atomic mass is 10.1. The van der Waals surface area contributed by atoms with Crippen molar-refractivity contribution in [2.45, 2.75) is 13.0 Å². The molecular formula is C16H22N4O. The Morgan fingerprint density at radius 1 is 1.33 bits per heavy atom. The molecule has 2 aromatic rings. The smallest absolute Gasteiger partial charge is 0.144 e. The van der Waals surface area contributed by atoms with Crippen LogP contribution in [0.15, 0.2) is 36.5 Å². The molecule has 0 spiro atoms. The zero-order valence-corrected chi connectivity index (χ0v) is 12.4. The highest BCUT2D eigenvalue weighted by Crippen LogP contribution is 2.24. The topological polar surface area (TPSA) is 56.3 Å². The highest BCUT2D eigenvalue weighted by molar-refractivity contribution is 5.46. The van der Waals surface area contributed by atoms with E-state index in [-0.39, 0.29) is 0 Å². The molecule has 5 heteroatoms. The van der Waals surface area contributed by atoms with E-state index in [0.29, 0.717) is 5.92 Å². The lowest BCUT2D eigenvalue weighted by Gasteiger charge is -2.17. The van der Waals surface area contributed by atoms with Crippen LogP contribution < -0.4 is 10.5 Å². The van der Waals surface area contributed by atoms with Gasteiger partial charge < -0.3 is 10.5 Å². The van der Waals surface area contributed by atoms with Gasteiger partial charge in [0.2, 0.25) is 0 Å². The van der Waals surface area contributed by atoms with Crippen molar-refractivity contribution in [2.75, 3.05) is 26.7 Å². The molecule has 1 fully saturated rings. The summed E-state index contributed by atoms with van der Waals surface area (Å²) in [7, 11) is 1.69. The van der Waals surface area contributed by atoms with Gasteiger partial charge in [-0.05, 0) is 43.6 Å². The van der Waals surface area contributed by atoms with Gasteiger partial charge in [-0.3, -0.25) is 4.90 Å². The fourth-order valence-corrected chi connectivity index (χ4v) is 2.95. The Kier molecular flexibility index (Phi) is 4.22. The van der Waals surface area contributed by atoms with E-state index in [1.165, 1.54) is 12.1 Å². The van der Waals surface area contributed by atoms with Gasteiger partial charge in [0.25, 0.3) is 0 Å². The summed E-state index contributed by atoms with van der Waals surface area (Å²) in [5.74, 6) is 1.47. The first kappa shape index (κ1) is 14.1. The van der Waals surface area contributed by atoms with E-state index in [1.807, 2.05) is 35.1 Å². The van der Waals surface area contributed by atoms with Crippen LogP contribution in [0, 0.1) is 5.92 Å². The molecule has 2 N–H and O–H groups in total. The molecule has 0 radical (unpaired) electrons. The normalized spacial score (nSPS) is 19.0. The fourth-order valence-electron chi connectivity index (χ4n) is 2.95. The van der Waals surface area contributed by atoms with Gasteiger partial charge in [-0.2, -0.15) is 5.10 Å². The minimum Gasteiger partial charge on any atom is -0.494 e. The van der Waals surface area contributed by atoms with Crippen LogP contribution in [0.5, 0.6) is 5.75 Å². The Hall–Kier alpha value is -1.85. The van der Waals surface area contributed by atoms with Crippen LogP contribution >= 0.6 is 0 Å². The van der Waals surface area contributed by atoms with E-state index in [4.69, 9.17) is 10.5 Å². The molecule has 1 unspecified atom stereocenters. The molecule has 1 aromatic carbocycles. The van der Waals surface area contributed by atoms with Crippen LogP contribution in [0.25, 0.3) is 5.69 Å². The molecule has 0 aliphatic carbocycles. The average Bonchev–Trinajstić information content (AvgIpc) is 3.17. The van der Waals surface area contributed by atoms with Crippen molar-refractivity contribution >= 4 is 0 Å². The van der Waals surface area contributed by atoms with Crippen molar-refractivity contribution in [3.63, 3.8) is 0 Å². The van der Waals surface area contributed by atoms with E-state index < -0.39 is 0 Å².